The Morgan fingerprint density at radius 2 is 1.68 bits per heavy atom. The van der Waals surface area contributed by atoms with Crippen LogP contribution in [0.1, 0.15) is 31.6 Å². The zero-order valence-corrected chi connectivity index (χ0v) is 14.3. The third-order valence-corrected chi connectivity index (χ3v) is 4.45. The molecular formula is C19H24F2O4. The van der Waals surface area contributed by atoms with E-state index in [1.54, 1.807) is 0 Å². The predicted octanol–water partition coefficient (Wildman–Crippen LogP) is 3.97. The van der Waals surface area contributed by atoms with E-state index in [9.17, 15) is 8.78 Å². The van der Waals surface area contributed by atoms with Crippen molar-refractivity contribution in [3.8, 4) is 0 Å². The minimum atomic E-state index is -0.894. The first-order valence-electron chi connectivity index (χ1n) is 8.70. The van der Waals surface area contributed by atoms with E-state index < -0.39 is 17.9 Å². The molecule has 25 heavy (non-hydrogen) atoms. The van der Waals surface area contributed by atoms with Gasteiger partial charge in [0, 0.05) is 17.4 Å². The minimum absolute atomic E-state index is 0.176. The minimum Gasteiger partial charge on any atom is -0.352 e. The number of ether oxygens (including phenoxy) is 4. The number of rotatable bonds is 5. The van der Waals surface area contributed by atoms with Gasteiger partial charge in [0.2, 0.25) is 0 Å². The van der Waals surface area contributed by atoms with Gasteiger partial charge < -0.3 is 18.9 Å². The summed E-state index contributed by atoms with van der Waals surface area (Å²) < 4.78 is 49.0. The predicted molar refractivity (Wildman–Crippen MR) is 87.7 cm³/mol. The summed E-state index contributed by atoms with van der Waals surface area (Å²) in [6.07, 6.45) is 4.94. The van der Waals surface area contributed by atoms with Crippen LogP contribution in [0.15, 0.2) is 30.4 Å². The summed E-state index contributed by atoms with van der Waals surface area (Å²) in [6.45, 7) is 4.38. The van der Waals surface area contributed by atoms with Crippen LogP contribution in [0.4, 0.5) is 8.78 Å². The molecule has 2 heterocycles. The van der Waals surface area contributed by atoms with Gasteiger partial charge in [0.05, 0.1) is 26.4 Å². The lowest BCUT2D eigenvalue weighted by molar-refractivity contribution is -0.217. The van der Waals surface area contributed by atoms with E-state index >= 15 is 0 Å². The molecule has 138 valence electrons. The highest BCUT2D eigenvalue weighted by Gasteiger charge is 2.26. The van der Waals surface area contributed by atoms with E-state index in [2.05, 4.69) is 6.08 Å². The Morgan fingerprint density at radius 1 is 0.960 bits per heavy atom. The van der Waals surface area contributed by atoms with Crippen molar-refractivity contribution in [2.75, 3.05) is 26.4 Å². The maximum Gasteiger partial charge on any atom is 0.183 e. The summed E-state index contributed by atoms with van der Waals surface area (Å²) >= 11 is 0. The zero-order chi connectivity index (χ0) is 17.6. The maximum atomic E-state index is 13.3. The Hall–Kier alpha value is -1.34. The molecule has 0 radical (unpaired) electrons. The fourth-order valence-corrected chi connectivity index (χ4v) is 3.04. The van der Waals surface area contributed by atoms with Crippen LogP contribution in [0.5, 0.6) is 0 Å². The second kappa shape index (κ2) is 8.85. The molecule has 0 unspecified atom stereocenters. The fourth-order valence-electron chi connectivity index (χ4n) is 3.04. The molecule has 0 spiro atoms. The van der Waals surface area contributed by atoms with Crippen LogP contribution in [0, 0.1) is 23.5 Å². The Kier molecular flexibility index (Phi) is 6.53. The summed E-state index contributed by atoms with van der Waals surface area (Å²) in [6, 6.07) is 3.68. The Labute approximate surface area is 146 Å². The van der Waals surface area contributed by atoms with Gasteiger partial charge in [-0.15, -0.1) is 0 Å². The summed E-state index contributed by atoms with van der Waals surface area (Å²) in [5.74, 6) is -1.20. The van der Waals surface area contributed by atoms with Gasteiger partial charge in [0.25, 0.3) is 0 Å². The number of allylic oxidation sites excluding steroid dienone is 1. The second-order valence-corrected chi connectivity index (χ2v) is 6.50. The molecule has 3 rings (SSSR count). The van der Waals surface area contributed by atoms with E-state index in [0.717, 1.165) is 25.0 Å². The molecule has 2 aliphatic rings. The Balaban J connectivity index is 1.39. The van der Waals surface area contributed by atoms with Gasteiger partial charge in [-0.05, 0) is 31.9 Å². The van der Waals surface area contributed by atoms with Gasteiger partial charge in [0.15, 0.2) is 24.2 Å². The molecule has 0 bridgehead atoms. The molecule has 0 N–H and O–H groups in total. The molecule has 0 atom stereocenters. The quantitative estimate of drug-likeness (QED) is 0.750. The fraction of sp³-hybridized carbons (Fsp3) is 0.579. The maximum absolute atomic E-state index is 13.3. The Bertz CT molecular complexity index is 577. The van der Waals surface area contributed by atoms with Gasteiger partial charge in [-0.3, -0.25) is 0 Å². The molecule has 2 fully saturated rings. The zero-order valence-electron chi connectivity index (χ0n) is 14.3. The van der Waals surface area contributed by atoms with Crippen LogP contribution >= 0.6 is 0 Å². The molecule has 0 saturated carbocycles. The van der Waals surface area contributed by atoms with Crippen LogP contribution in [0.25, 0.3) is 0 Å². The van der Waals surface area contributed by atoms with Gasteiger partial charge in [-0.1, -0.05) is 18.2 Å². The third kappa shape index (κ3) is 5.07. The topological polar surface area (TPSA) is 36.9 Å². The lowest BCUT2D eigenvalue weighted by Gasteiger charge is -2.32. The first-order valence-corrected chi connectivity index (χ1v) is 8.70. The number of hydrogen-bond donors (Lipinski definition) is 0. The molecule has 1 aromatic rings. The number of hydrogen-bond acceptors (Lipinski definition) is 4. The van der Waals surface area contributed by atoms with Gasteiger partial charge >= 0.3 is 0 Å². The summed E-state index contributed by atoms with van der Waals surface area (Å²) in [5.41, 5.74) is 0.492. The van der Waals surface area contributed by atoms with Gasteiger partial charge in [-0.25, -0.2) is 8.78 Å². The Morgan fingerprint density at radius 3 is 2.32 bits per heavy atom. The first-order chi connectivity index (χ1) is 12.2. The van der Waals surface area contributed by atoms with Crippen molar-refractivity contribution in [1.29, 1.82) is 0 Å². The third-order valence-electron chi connectivity index (χ3n) is 4.45. The molecule has 1 aromatic carbocycles. The highest BCUT2D eigenvalue weighted by Crippen LogP contribution is 2.28. The molecule has 2 saturated heterocycles. The van der Waals surface area contributed by atoms with Crippen molar-refractivity contribution in [2.45, 2.75) is 32.3 Å². The standard InChI is InChI=1S/C19H24F2O4/c1-2-3-13-9-22-18(23-10-13)7-4-14-11-24-19(25-12-14)15-5-6-16(20)17(21)8-15/h2-3,5-6,8,13-14,18-19H,4,7,9-12H2,1H3/b3-2-. The summed E-state index contributed by atoms with van der Waals surface area (Å²) in [4.78, 5) is 0. The van der Waals surface area contributed by atoms with Crippen molar-refractivity contribution in [3.05, 3.63) is 47.5 Å². The average molecular weight is 354 g/mol. The van der Waals surface area contributed by atoms with Crippen molar-refractivity contribution >= 4 is 0 Å². The van der Waals surface area contributed by atoms with Crippen molar-refractivity contribution in [1.82, 2.24) is 0 Å². The van der Waals surface area contributed by atoms with E-state index in [0.29, 0.717) is 37.9 Å². The summed E-state index contributed by atoms with van der Waals surface area (Å²) in [5, 5.41) is 0. The van der Waals surface area contributed by atoms with Crippen molar-refractivity contribution < 1.29 is 27.7 Å². The number of benzene rings is 1. The van der Waals surface area contributed by atoms with Crippen LogP contribution in [0.3, 0.4) is 0 Å². The molecule has 2 aliphatic heterocycles. The van der Waals surface area contributed by atoms with Crippen LogP contribution in [0.2, 0.25) is 0 Å². The van der Waals surface area contributed by atoms with E-state index in [1.807, 2.05) is 13.0 Å². The molecular weight excluding hydrogens is 330 g/mol. The average Bonchev–Trinajstić information content (AvgIpc) is 2.64. The van der Waals surface area contributed by atoms with E-state index in [1.165, 1.54) is 6.07 Å². The van der Waals surface area contributed by atoms with Crippen LogP contribution < -0.4 is 0 Å². The molecule has 0 aliphatic carbocycles. The monoisotopic (exact) mass is 354 g/mol. The first kappa shape index (κ1) is 18.5. The smallest absolute Gasteiger partial charge is 0.183 e. The molecule has 6 heteroatoms. The molecule has 0 aromatic heterocycles. The molecule has 4 nitrogen and oxygen atoms in total. The number of halogens is 2. The van der Waals surface area contributed by atoms with Gasteiger partial charge in [0.1, 0.15) is 0 Å². The van der Waals surface area contributed by atoms with Crippen molar-refractivity contribution in [2.24, 2.45) is 11.8 Å². The highest BCUT2D eigenvalue weighted by molar-refractivity contribution is 5.19. The highest BCUT2D eigenvalue weighted by atomic mass is 19.2. The van der Waals surface area contributed by atoms with E-state index in [4.69, 9.17) is 18.9 Å². The van der Waals surface area contributed by atoms with Crippen molar-refractivity contribution in [3.63, 3.8) is 0 Å². The largest absolute Gasteiger partial charge is 0.352 e. The van der Waals surface area contributed by atoms with Crippen LogP contribution in [-0.4, -0.2) is 32.7 Å². The van der Waals surface area contributed by atoms with E-state index in [-0.39, 0.29) is 12.2 Å². The molecule has 0 amide bonds. The lowest BCUT2D eigenvalue weighted by atomic mass is 10.0. The summed E-state index contributed by atoms with van der Waals surface area (Å²) in [7, 11) is 0. The SMILES string of the molecule is C/C=C\C1COC(CCC2COC(c3ccc(F)c(F)c3)OC2)OC1. The lowest BCUT2D eigenvalue weighted by Crippen LogP contribution is -2.33. The second-order valence-electron chi connectivity index (χ2n) is 6.50. The van der Waals surface area contributed by atoms with Gasteiger partial charge in [-0.2, -0.15) is 0 Å². The normalized spacial score (nSPS) is 30.7. The van der Waals surface area contributed by atoms with Crippen LogP contribution in [-0.2, 0) is 18.9 Å².